The van der Waals surface area contributed by atoms with Crippen molar-refractivity contribution in [3.05, 3.63) is 0 Å². The fourth-order valence-corrected chi connectivity index (χ4v) is 3.51. The van der Waals surface area contributed by atoms with Gasteiger partial charge in [0.15, 0.2) is 0 Å². The summed E-state index contributed by atoms with van der Waals surface area (Å²) in [4.78, 5) is 0. The van der Waals surface area contributed by atoms with E-state index in [0.29, 0.717) is 0 Å². The van der Waals surface area contributed by atoms with Crippen LogP contribution in [0.15, 0.2) is 0 Å². The summed E-state index contributed by atoms with van der Waals surface area (Å²) >= 11 is 0. The predicted octanol–water partition coefficient (Wildman–Crippen LogP) is 2.41. The van der Waals surface area contributed by atoms with Crippen molar-refractivity contribution in [1.82, 2.24) is 0 Å². The average molecular weight is 167 g/mol. The third-order valence-electron chi connectivity index (χ3n) is 3.80. The molecule has 0 spiro atoms. The Bertz CT molecular complexity index is 137. The summed E-state index contributed by atoms with van der Waals surface area (Å²) in [6.07, 6.45) is 7.33. The monoisotopic (exact) mass is 167 g/mol. The van der Waals surface area contributed by atoms with Crippen LogP contribution in [-0.4, -0.2) is 6.54 Å². The molecule has 2 aliphatic rings. The Kier molecular flexibility index (Phi) is 2.40. The van der Waals surface area contributed by atoms with Crippen LogP contribution >= 0.6 is 0 Å². The van der Waals surface area contributed by atoms with Gasteiger partial charge in [-0.25, -0.2) is 0 Å². The molecular weight excluding hydrogens is 146 g/mol. The van der Waals surface area contributed by atoms with E-state index in [2.05, 4.69) is 6.92 Å². The van der Waals surface area contributed by atoms with Crippen LogP contribution in [0.4, 0.5) is 0 Å². The minimum atomic E-state index is 0.862. The van der Waals surface area contributed by atoms with Gasteiger partial charge in [-0.15, -0.1) is 0 Å². The second-order valence-corrected chi connectivity index (χ2v) is 5.12. The van der Waals surface area contributed by atoms with Crippen LogP contribution in [0.2, 0.25) is 0 Å². The van der Waals surface area contributed by atoms with Gasteiger partial charge in [-0.3, -0.25) is 0 Å². The molecule has 1 nitrogen and oxygen atoms in total. The van der Waals surface area contributed by atoms with Gasteiger partial charge in [0.25, 0.3) is 0 Å². The Balaban J connectivity index is 1.96. The molecule has 2 fully saturated rings. The summed E-state index contributed by atoms with van der Waals surface area (Å²) in [5.41, 5.74) is 5.74. The number of hydrogen-bond acceptors (Lipinski definition) is 1. The van der Waals surface area contributed by atoms with Gasteiger partial charge in [0.2, 0.25) is 0 Å². The minimum Gasteiger partial charge on any atom is -0.330 e. The van der Waals surface area contributed by atoms with Gasteiger partial charge < -0.3 is 5.73 Å². The molecule has 2 unspecified atom stereocenters. The lowest BCUT2D eigenvalue weighted by Crippen LogP contribution is -2.33. The van der Waals surface area contributed by atoms with E-state index < -0.39 is 0 Å². The normalized spacial score (nSPS) is 47.5. The zero-order valence-electron chi connectivity index (χ0n) is 8.13. The zero-order chi connectivity index (χ0) is 8.55. The molecule has 70 valence electrons. The van der Waals surface area contributed by atoms with Crippen LogP contribution in [-0.2, 0) is 0 Å². The molecule has 1 heteroatoms. The van der Waals surface area contributed by atoms with Crippen molar-refractivity contribution in [3.8, 4) is 0 Å². The lowest BCUT2D eigenvalue weighted by Gasteiger charge is -2.41. The molecule has 0 aromatic carbocycles. The van der Waals surface area contributed by atoms with Crippen molar-refractivity contribution in [3.63, 3.8) is 0 Å². The third kappa shape index (κ3) is 1.66. The highest BCUT2D eigenvalue weighted by atomic mass is 14.6. The molecular formula is C11H21N. The molecule has 2 aliphatic carbocycles. The molecule has 0 aliphatic heterocycles. The molecule has 2 rings (SSSR count). The summed E-state index contributed by atoms with van der Waals surface area (Å²) in [5.74, 6) is 3.91. The Labute approximate surface area is 75.7 Å². The zero-order valence-corrected chi connectivity index (χ0v) is 8.13. The van der Waals surface area contributed by atoms with Gasteiger partial charge in [0.1, 0.15) is 0 Å². The Hall–Kier alpha value is -0.0400. The number of nitrogens with two attached hydrogens (primary N) is 1. The number of hydrogen-bond donors (Lipinski definition) is 1. The standard InChI is InChI=1S/C11H21N/c1-8-2-9-4-10(3-8)6-11(5-9)7-12/h8-11H,2-7,12H2,1H3. The molecule has 0 heterocycles. The summed E-state index contributed by atoms with van der Waals surface area (Å²) in [7, 11) is 0. The number of rotatable bonds is 1. The van der Waals surface area contributed by atoms with Crippen molar-refractivity contribution in [2.75, 3.05) is 6.54 Å². The SMILES string of the molecule is CC1CC2CC(CN)CC(C1)C2. The van der Waals surface area contributed by atoms with E-state index in [1.807, 2.05) is 0 Å². The van der Waals surface area contributed by atoms with Crippen molar-refractivity contribution in [2.24, 2.45) is 29.4 Å². The quantitative estimate of drug-likeness (QED) is 0.637. The van der Waals surface area contributed by atoms with Crippen LogP contribution in [0.25, 0.3) is 0 Å². The average Bonchev–Trinajstić information content (AvgIpc) is 2.02. The van der Waals surface area contributed by atoms with Crippen LogP contribution in [0.1, 0.15) is 39.0 Å². The van der Waals surface area contributed by atoms with Gasteiger partial charge in [-0.1, -0.05) is 6.92 Å². The van der Waals surface area contributed by atoms with Crippen LogP contribution in [0.5, 0.6) is 0 Å². The van der Waals surface area contributed by atoms with Gasteiger partial charge >= 0.3 is 0 Å². The fraction of sp³-hybridized carbons (Fsp3) is 1.00. The molecule has 2 saturated carbocycles. The fourth-order valence-electron chi connectivity index (χ4n) is 3.51. The first kappa shape index (κ1) is 8.55. The highest BCUT2D eigenvalue weighted by molar-refractivity contribution is 4.85. The maximum atomic E-state index is 5.74. The Morgan fingerprint density at radius 2 is 1.58 bits per heavy atom. The highest BCUT2D eigenvalue weighted by Gasteiger charge is 2.33. The minimum absolute atomic E-state index is 0.862. The van der Waals surface area contributed by atoms with Gasteiger partial charge in [-0.2, -0.15) is 0 Å². The van der Waals surface area contributed by atoms with Crippen molar-refractivity contribution in [2.45, 2.75) is 39.0 Å². The molecule has 0 radical (unpaired) electrons. The van der Waals surface area contributed by atoms with E-state index in [9.17, 15) is 0 Å². The molecule has 0 amide bonds. The van der Waals surface area contributed by atoms with Crippen LogP contribution in [0.3, 0.4) is 0 Å². The third-order valence-corrected chi connectivity index (χ3v) is 3.80. The maximum Gasteiger partial charge on any atom is -0.00487 e. The first-order valence-corrected chi connectivity index (χ1v) is 5.48. The largest absolute Gasteiger partial charge is 0.330 e. The van der Waals surface area contributed by atoms with Crippen molar-refractivity contribution >= 4 is 0 Å². The molecule has 2 atom stereocenters. The van der Waals surface area contributed by atoms with Gasteiger partial charge in [-0.05, 0) is 62.3 Å². The molecule has 12 heavy (non-hydrogen) atoms. The summed E-state index contributed by atoms with van der Waals surface area (Å²) in [6, 6.07) is 0. The van der Waals surface area contributed by atoms with Crippen molar-refractivity contribution in [1.29, 1.82) is 0 Å². The van der Waals surface area contributed by atoms with Gasteiger partial charge in [0.05, 0.1) is 0 Å². The lowest BCUT2D eigenvalue weighted by molar-refractivity contribution is 0.107. The molecule has 0 saturated heterocycles. The Morgan fingerprint density at radius 1 is 1.00 bits per heavy atom. The number of fused-ring (bicyclic) bond motifs is 2. The molecule has 2 bridgehead atoms. The lowest BCUT2D eigenvalue weighted by atomic mass is 9.65. The van der Waals surface area contributed by atoms with E-state index in [1.165, 1.54) is 32.1 Å². The van der Waals surface area contributed by atoms with E-state index in [0.717, 1.165) is 30.2 Å². The molecule has 2 N–H and O–H groups in total. The predicted molar refractivity (Wildman–Crippen MR) is 51.8 cm³/mol. The highest BCUT2D eigenvalue weighted by Crippen LogP contribution is 2.44. The topological polar surface area (TPSA) is 26.0 Å². The second-order valence-electron chi connectivity index (χ2n) is 5.12. The maximum absolute atomic E-state index is 5.74. The smallest absolute Gasteiger partial charge is 0.00487 e. The summed E-state index contributed by atoms with van der Waals surface area (Å²) < 4.78 is 0. The van der Waals surface area contributed by atoms with Crippen LogP contribution < -0.4 is 5.73 Å². The summed E-state index contributed by atoms with van der Waals surface area (Å²) in [6.45, 7) is 3.35. The molecule has 0 aromatic heterocycles. The first-order chi connectivity index (χ1) is 5.78. The van der Waals surface area contributed by atoms with Crippen LogP contribution in [0, 0.1) is 23.7 Å². The van der Waals surface area contributed by atoms with E-state index in [1.54, 1.807) is 0 Å². The summed E-state index contributed by atoms with van der Waals surface area (Å²) in [5, 5.41) is 0. The Morgan fingerprint density at radius 3 is 2.08 bits per heavy atom. The first-order valence-electron chi connectivity index (χ1n) is 5.48. The van der Waals surface area contributed by atoms with E-state index >= 15 is 0 Å². The van der Waals surface area contributed by atoms with E-state index in [4.69, 9.17) is 5.73 Å². The molecule has 0 aromatic rings. The second kappa shape index (κ2) is 3.37. The van der Waals surface area contributed by atoms with E-state index in [-0.39, 0.29) is 0 Å². The van der Waals surface area contributed by atoms with Crippen molar-refractivity contribution < 1.29 is 0 Å². The van der Waals surface area contributed by atoms with Gasteiger partial charge in [0, 0.05) is 0 Å².